The van der Waals surface area contributed by atoms with Crippen molar-refractivity contribution < 1.29 is 13.5 Å². The van der Waals surface area contributed by atoms with Crippen molar-refractivity contribution in [3.05, 3.63) is 17.6 Å². The Bertz CT molecular complexity index is 411. The molecule has 0 aromatic carbocycles. The van der Waals surface area contributed by atoms with Gasteiger partial charge < -0.3 is 10.1 Å². The summed E-state index contributed by atoms with van der Waals surface area (Å²) < 4.78 is 28.7. The lowest BCUT2D eigenvalue weighted by Crippen LogP contribution is -2.11. The number of nitrogens with one attached hydrogen (secondary N) is 1. The summed E-state index contributed by atoms with van der Waals surface area (Å²) in [6, 6.07) is 1.98. The molecule has 0 amide bonds. The van der Waals surface area contributed by atoms with Crippen molar-refractivity contribution >= 4 is 5.82 Å². The summed E-state index contributed by atoms with van der Waals surface area (Å²) in [5.74, 6) is 2.01. The van der Waals surface area contributed by atoms with E-state index in [2.05, 4.69) is 15.3 Å². The van der Waals surface area contributed by atoms with Gasteiger partial charge in [-0.2, -0.15) is 0 Å². The van der Waals surface area contributed by atoms with Crippen LogP contribution in [0.1, 0.15) is 37.2 Å². The van der Waals surface area contributed by atoms with Crippen LogP contribution in [0.25, 0.3) is 0 Å². The van der Waals surface area contributed by atoms with Gasteiger partial charge in [0.05, 0.1) is 6.61 Å². The van der Waals surface area contributed by atoms with Gasteiger partial charge in [-0.1, -0.05) is 0 Å². The lowest BCUT2D eigenvalue weighted by atomic mass is 10.2. The van der Waals surface area contributed by atoms with E-state index in [1.807, 2.05) is 13.0 Å². The molecule has 1 N–H and O–H groups in total. The summed E-state index contributed by atoms with van der Waals surface area (Å²) in [5.41, 5.74) is 1.05. The van der Waals surface area contributed by atoms with Crippen molar-refractivity contribution in [3.63, 3.8) is 0 Å². The molecular formula is C13H19F2N3O. The van der Waals surface area contributed by atoms with Crippen LogP contribution in [0, 0.1) is 0 Å². The van der Waals surface area contributed by atoms with Gasteiger partial charge in [0.1, 0.15) is 18.2 Å². The molecule has 0 radical (unpaired) electrons. The van der Waals surface area contributed by atoms with E-state index in [1.54, 1.807) is 0 Å². The van der Waals surface area contributed by atoms with Gasteiger partial charge in [-0.05, 0) is 19.8 Å². The lowest BCUT2D eigenvalue weighted by molar-refractivity contribution is 0.0183. The van der Waals surface area contributed by atoms with Gasteiger partial charge in [-0.15, -0.1) is 0 Å². The van der Waals surface area contributed by atoms with Crippen LogP contribution >= 0.6 is 0 Å². The zero-order chi connectivity index (χ0) is 13.7. The Kier molecular flexibility index (Phi) is 5.01. The van der Waals surface area contributed by atoms with E-state index in [0.717, 1.165) is 18.1 Å². The molecule has 0 aliphatic heterocycles. The second-order valence-electron chi connectivity index (χ2n) is 4.61. The Balaban J connectivity index is 1.94. The molecule has 19 heavy (non-hydrogen) atoms. The van der Waals surface area contributed by atoms with E-state index in [1.165, 1.54) is 12.8 Å². The molecule has 106 valence electrons. The summed E-state index contributed by atoms with van der Waals surface area (Å²) in [4.78, 5) is 8.84. The van der Waals surface area contributed by atoms with Crippen molar-refractivity contribution in [3.8, 4) is 0 Å². The summed E-state index contributed by atoms with van der Waals surface area (Å²) in [6.45, 7) is 2.50. The highest BCUT2D eigenvalue weighted by Crippen LogP contribution is 2.39. The zero-order valence-electron chi connectivity index (χ0n) is 11.0. The van der Waals surface area contributed by atoms with Gasteiger partial charge in [0.15, 0.2) is 0 Å². The Hall–Kier alpha value is -1.30. The number of nitrogens with zero attached hydrogens (tertiary/aromatic N) is 2. The highest BCUT2D eigenvalue weighted by atomic mass is 19.3. The topological polar surface area (TPSA) is 47.0 Å². The fourth-order valence-corrected chi connectivity index (χ4v) is 1.83. The molecular weight excluding hydrogens is 252 g/mol. The third-order valence-corrected chi connectivity index (χ3v) is 2.86. The number of anilines is 1. The van der Waals surface area contributed by atoms with Crippen LogP contribution in [-0.2, 0) is 11.2 Å². The summed E-state index contributed by atoms with van der Waals surface area (Å²) in [6.07, 6.45) is 0.385. The number of ether oxygens (including phenoxy) is 1. The third kappa shape index (κ3) is 4.70. The molecule has 0 saturated heterocycles. The van der Waals surface area contributed by atoms with Gasteiger partial charge in [0.2, 0.25) is 0 Å². The van der Waals surface area contributed by atoms with Crippen LogP contribution < -0.4 is 5.32 Å². The molecule has 4 nitrogen and oxygen atoms in total. The van der Waals surface area contributed by atoms with E-state index in [-0.39, 0.29) is 6.61 Å². The van der Waals surface area contributed by atoms with Crippen LogP contribution in [0.15, 0.2) is 6.07 Å². The van der Waals surface area contributed by atoms with Crippen molar-refractivity contribution in [1.29, 1.82) is 0 Å². The van der Waals surface area contributed by atoms with Gasteiger partial charge in [-0.3, -0.25) is 0 Å². The predicted molar refractivity (Wildman–Crippen MR) is 68.7 cm³/mol. The Morgan fingerprint density at radius 2 is 2.21 bits per heavy atom. The molecule has 0 bridgehead atoms. The molecule has 1 aliphatic carbocycles. The fourth-order valence-electron chi connectivity index (χ4n) is 1.83. The first-order valence-electron chi connectivity index (χ1n) is 6.66. The van der Waals surface area contributed by atoms with E-state index >= 15 is 0 Å². The van der Waals surface area contributed by atoms with Gasteiger partial charge in [0.25, 0.3) is 6.43 Å². The van der Waals surface area contributed by atoms with Crippen LogP contribution in [0.3, 0.4) is 0 Å². The van der Waals surface area contributed by atoms with Crippen LogP contribution in [0.4, 0.5) is 14.6 Å². The van der Waals surface area contributed by atoms with E-state index in [9.17, 15) is 8.78 Å². The smallest absolute Gasteiger partial charge is 0.261 e. The quantitative estimate of drug-likeness (QED) is 0.738. The number of alkyl halides is 2. The molecule has 0 atom stereocenters. The van der Waals surface area contributed by atoms with Crippen LogP contribution in [0.5, 0.6) is 0 Å². The molecule has 2 rings (SSSR count). The number of halogens is 2. The standard InChI is InChI=1S/C13H19F2N3O/c1-2-16-13-7-10(9-3-4-9)17-12(18-13)5-6-19-8-11(14)15/h7,9,11H,2-6,8H2,1H3,(H,16,17,18). The van der Waals surface area contributed by atoms with E-state index < -0.39 is 13.0 Å². The maximum absolute atomic E-state index is 11.9. The maximum atomic E-state index is 11.9. The van der Waals surface area contributed by atoms with Crippen LogP contribution in [0.2, 0.25) is 0 Å². The molecule has 6 heteroatoms. The SMILES string of the molecule is CCNc1cc(C2CC2)nc(CCOCC(F)F)n1. The Morgan fingerprint density at radius 1 is 1.42 bits per heavy atom. The summed E-state index contributed by atoms with van der Waals surface area (Å²) >= 11 is 0. The van der Waals surface area contributed by atoms with Crippen molar-refractivity contribution in [2.24, 2.45) is 0 Å². The van der Waals surface area contributed by atoms with Gasteiger partial charge in [-0.25, -0.2) is 18.7 Å². The average Bonchev–Trinajstić information content (AvgIpc) is 3.19. The average molecular weight is 271 g/mol. The van der Waals surface area contributed by atoms with Crippen molar-refractivity contribution in [2.45, 2.75) is 38.5 Å². The monoisotopic (exact) mass is 271 g/mol. The number of hydrogen-bond acceptors (Lipinski definition) is 4. The molecule has 1 heterocycles. The molecule has 1 aliphatic rings. The highest BCUT2D eigenvalue weighted by molar-refractivity contribution is 5.38. The predicted octanol–water partition coefficient (Wildman–Crippen LogP) is 2.61. The minimum atomic E-state index is -2.42. The molecule has 1 aromatic heterocycles. The third-order valence-electron chi connectivity index (χ3n) is 2.86. The summed E-state index contributed by atoms with van der Waals surface area (Å²) in [5, 5.41) is 3.17. The largest absolute Gasteiger partial charge is 0.375 e. The normalized spacial score (nSPS) is 14.9. The minimum absolute atomic E-state index is 0.226. The Labute approximate surface area is 111 Å². The fraction of sp³-hybridized carbons (Fsp3) is 0.692. The Morgan fingerprint density at radius 3 is 2.84 bits per heavy atom. The second-order valence-corrected chi connectivity index (χ2v) is 4.61. The number of aromatic nitrogens is 2. The lowest BCUT2D eigenvalue weighted by Gasteiger charge is -2.08. The second kappa shape index (κ2) is 6.75. The molecule has 1 saturated carbocycles. The van der Waals surface area contributed by atoms with Gasteiger partial charge >= 0.3 is 0 Å². The van der Waals surface area contributed by atoms with Gasteiger partial charge in [0, 0.05) is 30.6 Å². The number of rotatable bonds is 8. The van der Waals surface area contributed by atoms with E-state index in [4.69, 9.17) is 4.74 Å². The first kappa shape index (κ1) is 14.1. The minimum Gasteiger partial charge on any atom is -0.375 e. The van der Waals surface area contributed by atoms with Crippen LogP contribution in [-0.4, -0.2) is 36.2 Å². The number of hydrogen-bond donors (Lipinski definition) is 1. The molecule has 1 aromatic rings. The zero-order valence-corrected chi connectivity index (χ0v) is 11.0. The summed E-state index contributed by atoms with van der Waals surface area (Å²) in [7, 11) is 0. The first-order valence-corrected chi connectivity index (χ1v) is 6.66. The molecule has 0 unspecified atom stereocenters. The van der Waals surface area contributed by atoms with E-state index in [0.29, 0.717) is 18.2 Å². The maximum Gasteiger partial charge on any atom is 0.261 e. The molecule has 1 fully saturated rings. The van der Waals surface area contributed by atoms with Crippen molar-refractivity contribution in [1.82, 2.24) is 9.97 Å². The first-order chi connectivity index (χ1) is 9.19. The highest BCUT2D eigenvalue weighted by Gasteiger charge is 2.26. The molecule has 0 spiro atoms. The van der Waals surface area contributed by atoms with Crippen molar-refractivity contribution in [2.75, 3.05) is 25.1 Å².